The van der Waals surface area contributed by atoms with Gasteiger partial charge in [0.25, 0.3) is 5.91 Å². The van der Waals surface area contributed by atoms with Crippen LogP contribution in [0.15, 0.2) is 24.3 Å². The van der Waals surface area contributed by atoms with E-state index in [1.165, 1.54) is 42.6 Å². The molecule has 0 unspecified atom stereocenters. The van der Waals surface area contributed by atoms with Crippen molar-refractivity contribution in [1.29, 1.82) is 0 Å². The number of rotatable bonds is 6. The average Bonchev–Trinajstić information content (AvgIpc) is 3.08. The number of likely N-dealkylation sites (N-methyl/N-ethyl adjacent to an activating group) is 1. The smallest absolute Gasteiger partial charge is 0.338 e. The monoisotopic (exact) mass is 421 g/mol. The highest BCUT2D eigenvalue weighted by atomic mass is 32.2. The van der Waals surface area contributed by atoms with Crippen LogP contribution in [0.1, 0.15) is 74.2 Å². The van der Waals surface area contributed by atoms with Crippen LogP contribution in [0.2, 0.25) is 0 Å². The Kier molecular flexibility index (Phi) is 6.98. The molecule has 7 heteroatoms. The molecule has 2 aliphatic rings. The topological polar surface area (TPSA) is 80.8 Å². The fraction of sp³-hybridized carbons (Fsp3) is 0.636. The predicted molar refractivity (Wildman–Crippen MR) is 112 cm³/mol. The SMILES string of the molecule is CCN(C(=O)[C@@H](C)OC(=O)c1ccc(C2CCCCC2)cc1)[C@@H]1CCS(=O)(=O)C1. The van der Waals surface area contributed by atoms with E-state index < -0.39 is 21.9 Å². The number of hydrogen-bond donors (Lipinski definition) is 0. The van der Waals surface area contributed by atoms with Crippen LogP contribution in [0.25, 0.3) is 0 Å². The second kappa shape index (κ2) is 9.28. The van der Waals surface area contributed by atoms with E-state index in [1.807, 2.05) is 12.1 Å². The van der Waals surface area contributed by atoms with Crippen LogP contribution in [0.5, 0.6) is 0 Å². The molecule has 1 saturated heterocycles. The minimum Gasteiger partial charge on any atom is -0.449 e. The van der Waals surface area contributed by atoms with Gasteiger partial charge in [0, 0.05) is 12.6 Å². The molecule has 6 nitrogen and oxygen atoms in total. The van der Waals surface area contributed by atoms with Crippen molar-refractivity contribution >= 4 is 21.7 Å². The van der Waals surface area contributed by atoms with Crippen molar-refractivity contribution in [2.24, 2.45) is 0 Å². The number of amides is 1. The zero-order valence-corrected chi connectivity index (χ0v) is 18.1. The van der Waals surface area contributed by atoms with Gasteiger partial charge in [-0.15, -0.1) is 0 Å². The fourth-order valence-electron chi connectivity index (χ4n) is 4.45. The summed E-state index contributed by atoms with van der Waals surface area (Å²) in [7, 11) is -3.09. The minimum absolute atomic E-state index is 0.0180. The Labute approximate surface area is 173 Å². The van der Waals surface area contributed by atoms with Crippen molar-refractivity contribution < 1.29 is 22.7 Å². The lowest BCUT2D eigenvalue weighted by Crippen LogP contribution is -2.46. The molecular weight excluding hydrogens is 390 g/mol. The number of hydrogen-bond acceptors (Lipinski definition) is 5. The number of ether oxygens (including phenoxy) is 1. The molecule has 2 fully saturated rings. The molecule has 2 atom stereocenters. The quantitative estimate of drug-likeness (QED) is 0.658. The van der Waals surface area contributed by atoms with Gasteiger partial charge in [-0.2, -0.15) is 0 Å². The molecule has 1 aliphatic heterocycles. The first-order valence-corrected chi connectivity index (χ1v) is 12.4. The highest BCUT2D eigenvalue weighted by molar-refractivity contribution is 7.91. The van der Waals surface area contributed by atoms with Gasteiger partial charge >= 0.3 is 5.97 Å². The second-order valence-corrected chi connectivity index (χ2v) is 10.4. The van der Waals surface area contributed by atoms with Gasteiger partial charge in [0.2, 0.25) is 0 Å². The third-order valence-electron chi connectivity index (χ3n) is 6.13. The van der Waals surface area contributed by atoms with Crippen LogP contribution < -0.4 is 0 Å². The second-order valence-electron chi connectivity index (χ2n) is 8.19. The molecule has 0 spiro atoms. The van der Waals surface area contributed by atoms with E-state index in [0.717, 1.165) is 0 Å². The van der Waals surface area contributed by atoms with E-state index in [2.05, 4.69) is 0 Å². The predicted octanol–water partition coefficient (Wildman–Crippen LogP) is 3.32. The van der Waals surface area contributed by atoms with Gasteiger partial charge in [0.15, 0.2) is 15.9 Å². The number of carbonyl (C=O) groups is 2. The molecule has 3 rings (SSSR count). The molecule has 160 valence electrons. The average molecular weight is 422 g/mol. The Morgan fingerprint density at radius 2 is 1.76 bits per heavy atom. The molecule has 1 aromatic rings. The summed E-state index contributed by atoms with van der Waals surface area (Å²) in [6.45, 7) is 3.74. The molecule has 1 heterocycles. The summed E-state index contributed by atoms with van der Waals surface area (Å²) in [6.07, 6.45) is 5.68. The molecule has 29 heavy (non-hydrogen) atoms. The van der Waals surface area contributed by atoms with Crippen molar-refractivity contribution in [2.75, 3.05) is 18.1 Å². The van der Waals surface area contributed by atoms with Crippen molar-refractivity contribution in [3.05, 3.63) is 35.4 Å². The molecule has 0 N–H and O–H groups in total. The lowest BCUT2D eigenvalue weighted by atomic mass is 9.84. The molecule has 1 aliphatic carbocycles. The first-order valence-electron chi connectivity index (χ1n) is 10.6. The highest BCUT2D eigenvalue weighted by Crippen LogP contribution is 2.32. The van der Waals surface area contributed by atoms with Crippen LogP contribution in [0.4, 0.5) is 0 Å². The van der Waals surface area contributed by atoms with Crippen molar-refractivity contribution in [2.45, 2.75) is 70.4 Å². The normalized spacial score (nSPS) is 22.8. The van der Waals surface area contributed by atoms with Crippen molar-refractivity contribution in [3.63, 3.8) is 0 Å². The third-order valence-corrected chi connectivity index (χ3v) is 7.88. The van der Waals surface area contributed by atoms with Crippen molar-refractivity contribution in [3.8, 4) is 0 Å². The van der Waals surface area contributed by atoms with Gasteiger partial charge in [-0.3, -0.25) is 4.79 Å². The maximum Gasteiger partial charge on any atom is 0.338 e. The van der Waals surface area contributed by atoms with Crippen LogP contribution >= 0.6 is 0 Å². The molecule has 1 amide bonds. The Hall–Kier alpha value is -1.89. The largest absolute Gasteiger partial charge is 0.449 e. The minimum atomic E-state index is -3.09. The summed E-state index contributed by atoms with van der Waals surface area (Å²) in [5.74, 6) is -0.230. The van der Waals surface area contributed by atoms with E-state index in [9.17, 15) is 18.0 Å². The van der Waals surface area contributed by atoms with E-state index >= 15 is 0 Å². The van der Waals surface area contributed by atoms with Crippen LogP contribution in [-0.4, -0.2) is 55.4 Å². The van der Waals surface area contributed by atoms with Gasteiger partial charge in [-0.1, -0.05) is 31.4 Å². The zero-order valence-electron chi connectivity index (χ0n) is 17.3. The number of nitrogens with zero attached hydrogens (tertiary/aromatic N) is 1. The maximum atomic E-state index is 12.8. The number of benzene rings is 1. The van der Waals surface area contributed by atoms with E-state index in [1.54, 1.807) is 26.0 Å². The van der Waals surface area contributed by atoms with Crippen LogP contribution in [-0.2, 0) is 19.4 Å². The highest BCUT2D eigenvalue weighted by Gasteiger charge is 2.36. The first-order chi connectivity index (χ1) is 13.8. The fourth-order valence-corrected chi connectivity index (χ4v) is 6.19. The first kappa shape index (κ1) is 21.8. The standard InChI is InChI=1S/C22H31NO5S/c1-3-23(20-13-14-29(26,27)15-20)21(24)16(2)28-22(25)19-11-9-18(10-12-19)17-7-5-4-6-8-17/h9-12,16-17,20H,3-8,13-15H2,1-2H3/t16-,20-/m1/s1. The summed E-state index contributed by atoms with van der Waals surface area (Å²) < 4.78 is 28.9. The summed E-state index contributed by atoms with van der Waals surface area (Å²) in [4.78, 5) is 26.8. The van der Waals surface area contributed by atoms with Crippen LogP contribution in [0, 0.1) is 0 Å². The molecule has 1 aromatic carbocycles. The Bertz CT molecular complexity index is 827. The van der Waals surface area contributed by atoms with E-state index in [-0.39, 0.29) is 23.5 Å². The van der Waals surface area contributed by atoms with Gasteiger partial charge in [-0.05, 0) is 56.7 Å². The van der Waals surface area contributed by atoms with E-state index in [4.69, 9.17) is 4.74 Å². The summed E-state index contributed by atoms with van der Waals surface area (Å²) in [5, 5.41) is 0. The van der Waals surface area contributed by atoms with Gasteiger partial charge in [0.05, 0.1) is 17.1 Å². The molecular formula is C22H31NO5S. The van der Waals surface area contributed by atoms with Gasteiger partial charge < -0.3 is 9.64 Å². The maximum absolute atomic E-state index is 12.8. The lowest BCUT2D eigenvalue weighted by molar-refractivity contribution is -0.141. The van der Waals surface area contributed by atoms with Gasteiger partial charge in [-0.25, -0.2) is 13.2 Å². The number of carbonyl (C=O) groups excluding carboxylic acids is 2. The summed E-state index contributed by atoms with van der Waals surface area (Å²) >= 11 is 0. The zero-order chi connectivity index (χ0) is 21.0. The Balaban J connectivity index is 1.59. The molecule has 1 saturated carbocycles. The summed E-state index contributed by atoms with van der Waals surface area (Å²) in [6, 6.07) is 7.17. The molecule has 0 bridgehead atoms. The molecule has 0 radical (unpaired) electrons. The Morgan fingerprint density at radius 3 is 2.31 bits per heavy atom. The van der Waals surface area contributed by atoms with E-state index in [0.29, 0.717) is 24.4 Å². The van der Waals surface area contributed by atoms with Crippen molar-refractivity contribution in [1.82, 2.24) is 4.90 Å². The Morgan fingerprint density at radius 1 is 1.10 bits per heavy atom. The summed E-state index contributed by atoms with van der Waals surface area (Å²) in [5.41, 5.74) is 1.68. The van der Waals surface area contributed by atoms with Gasteiger partial charge in [0.1, 0.15) is 0 Å². The third kappa shape index (κ3) is 5.38. The lowest BCUT2D eigenvalue weighted by Gasteiger charge is -2.29. The number of sulfone groups is 1. The van der Waals surface area contributed by atoms with Crippen LogP contribution in [0.3, 0.4) is 0 Å². The number of esters is 1. The molecule has 0 aromatic heterocycles.